The van der Waals surface area contributed by atoms with Crippen molar-refractivity contribution in [1.82, 2.24) is 0 Å². The molecule has 2 rings (SSSR count). The van der Waals surface area contributed by atoms with Crippen LogP contribution >= 0.6 is 36.9 Å². The summed E-state index contributed by atoms with van der Waals surface area (Å²) in [5.74, 6) is 1.27. The Balaban J connectivity index is 2.34. The summed E-state index contributed by atoms with van der Waals surface area (Å²) in [5.41, 5.74) is 1.69. The minimum Gasteiger partial charge on any atom is -0.493 e. The van der Waals surface area contributed by atoms with Crippen molar-refractivity contribution >= 4 is 46.7 Å². The average Bonchev–Trinajstić information content (AvgIpc) is 2.61. The van der Waals surface area contributed by atoms with Gasteiger partial charge in [-0.25, -0.2) is 0 Å². The standard InChI is InChI=1S/C18H19ClO3S2/c1-20-9-10-22-15-8-7-12(11-16(15)21-2)17(23)18(24)13-5-3-4-6-14(13)19/h3-8,11,23-24H,9-10H2,1-2H3/b18-17-. The summed E-state index contributed by atoms with van der Waals surface area (Å²) in [7, 11) is 3.23. The zero-order valence-electron chi connectivity index (χ0n) is 13.5. The van der Waals surface area contributed by atoms with Crippen LogP contribution in [0.2, 0.25) is 5.02 Å². The second-order valence-corrected chi connectivity index (χ2v) is 6.19. The molecule has 3 nitrogen and oxygen atoms in total. The van der Waals surface area contributed by atoms with Gasteiger partial charge in [-0.2, -0.15) is 0 Å². The number of hydrogen-bond donors (Lipinski definition) is 2. The minimum atomic E-state index is 0.452. The van der Waals surface area contributed by atoms with Gasteiger partial charge in [0.2, 0.25) is 0 Å². The highest BCUT2D eigenvalue weighted by atomic mass is 35.5. The number of rotatable bonds is 7. The Hall–Kier alpha value is -1.27. The van der Waals surface area contributed by atoms with E-state index in [2.05, 4.69) is 25.3 Å². The first-order valence-corrected chi connectivity index (χ1v) is 8.53. The van der Waals surface area contributed by atoms with Crippen LogP contribution in [0.4, 0.5) is 0 Å². The molecule has 0 heterocycles. The molecule has 6 heteroatoms. The molecule has 0 radical (unpaired) electrons. The molecule has 0 aliphatic rings. The van der Waals surface area contributed by atoms with Crippen molar-refractivity contribution in [2.24, 2.45) is 0 Å². The summed E-state index contributed by atoms with van der Waals surface area (Å²) < 4.78 is 16.0. The molecule has 0 saturated heterocycles. The van der Waals surface area contributed by atoms with Gasteiger partial charge in [0.15, 0.2) is 11.5 Å². The minimum absolute atomic E-state index is 0.452. The molecule has 2 aromatic carbocycles. The molecule has 2 aromatic rings. The van der Waals surface area contributed by atoms with Crippen LogP contribution < -0.4 is 9.47 Å². The maximum Gasteiger partial charge on any atom is 0.161 e. The fourth-order valence-corrected chi connectivity index (χ4v) is 2.97. The Kier molecular flexibility index (Phi) is 7.37. The van der Waals surface area contributed by atoms with Crippen LogP contribution in [0.15, 0.2) is 42.5 Å². The second-order valence-electron chi connectivity index (χ2n) is 4.88. The van der Waals surface area contributed by atoms with Gasteiger partial charge >= 0.3 is 0 Å². The highest BCUT2D eigenvalue weighted by Crippen LogP contribution is 2.38. The molecule has 0 aromatic heterocycles. The van der Waals surface area contributed by atoms with Gasteiger partial charge in [-0.05, 0) is 29.8 Å². The lowest BCUT2D eigenvalue weighted by Gasteiger charge is -2.13. The molecule has 0 amide bonds. The summed E-state index contributed by atoms with van der Waals surface area (Å²) in [6.07, 6.45) is 0. The van der Waals surface area contributed by atoms with Crippen molar-refractivity contribution in [3.8, 4) is 11.5 Å². The number of halogens is 1. The lowest BCUT2D eigenvalue weighted by Crippen LogP contribution is -2.05. The Morgan fingerprint density at radius 3 is 2.38 bits per heavy atom. The smallest absolute Gasteiger partial charge is 0.161 e. The van der Waals surface area contributed by atoms with Gasteiger partial charge in [0.05, 0.1) is 13.7 Å². The van der Waals surface area contributed by atoms with Crippen molar-refractivity contribution in [2.45, 2.75) is 0 Å². The molecule has 0 unspecified atom stereocenters. The SMILES string of the molecule is COCCOc1ccc(/C(S)=C(/S)c2ccccc2Cl)cc1OC. The quantitative estimate of drug-likeness (QED) is 0.398. The summed E-state index contributed by atoms with van der Waals surface area (Å²) in [6.45, 7) is 0.961. The maximum absolute atomic E-state index is 6.23. The van der Waals surface area contributed by atoms with E-state index < -0.39 is 0 Å². The van der Waals surface area contributed by atoms with Gasteiger partial charge in [0, 0.05) is 27.5 Å². The van der Waals surface area contributed by atoms with Gasteiger partial charge in [-0.15, -0.1) is 25.3 Å². The Morgan fingerprint density at radius 1 is 0.958 bits per heavy atom. The van der Waals surface area contributed by atoms with Crippen LogP contribution in [0.3, 0.4) is 0 Å². The van der Waals surface area contributed by atoms with Crippen molar-refractivity contribution in [3.63, 3.8) is 0 Å². The summed E-state index contributed by atoms with van der Waals surface area (Å²) >= 11 is 15.4. The lowest BCUT2D eigenvalue weighted by molar-refractivity contribution is 0.144. The highest BCUT2D eigenvalue weighted by Gasteiger charge is 2.12. The first-order valence-electron chi connectivity index (χ1n) is 7.25. The molecule has 0 fully saturated rings. The lowest BCUT2D eigenvalue weighted by atomic mass is 10.1. The number of methoxy groups -OCH3 is 2. The van der Waals surface area contributed by atoms with Gasteiger partial charge < -0.3 is 14.2 Å². The van der Waals surface area contributed by atoms with E-state index in [1.165, 1.54) is 0 Å². The molecule has 0 bridgehead atoms. The average molecular weight is 383 g/mol. The van der Waals surface area contributed by atoms with Crippen molar-refractivity contribution in [3.05, 3.63) is 58.6 Å². The Morgan fingerprint density at radius 2 is 1.71 bits per heavy atom. The van der Waals surface area contributed by atoms with Crippen molar-refractivity contribution < 1.29 is 14.2 Å². The molecule has 0 atom stereocenters. The van der Waals surface area contributed by atoms with Gasteiger partial charge in [0.25, 0.3) is 0 Å². The van der Waals surface area contributed by atoms with Crippen LogP contribution in [0, 0.1) is 0 Å². The molecule has 0 aliphatic heterocycles. The van der Waals surface area contributed by atoms with Gasteiger partial charge in [0.1, 0.15) is 6.61 Å². The van der Waals surface area contributed by atoms with E-state index in [1.807, 2.05) is 42.5 Å². The fraction of sp³-hybridized carbons (Fsp3) is 0.222. The number of hydrogen-bond acceptors (Lipinski definition) is 5. The summed E-state index contributed by atoms with van der Waals surface area (Å²) in [6, 6.07) is 13.1. The van der Waals surface area contributed by atoms with Crippen LogP contribution in [0.1, 0.15) is 11.1 Å². The van der Waals surface area contributed by atoms with Crippen molar-refractivity contribution in [1.29, 1.82) is 0 Å². The van der Waals surface area contributed by atoms with E-state index in [0.29, 0.717) is 39.5 Å². The zero-order valence-corrected chi connectivity index (χ0v) is 16.0. The monoisotopic (exact) mass is 382 g/mol. The van der Waals surface area contributed by atoms with Crippen LogP contribution in [0.5, 0.6) is 11.5 Å². The molecule has 0 aliphatic carbocycles. The van der Waals surface area contributed by atoms with Gasteiger partial charge in [-0.3, -0.25) is 0 Å². The van der Waals surface area contributed by atoms with Gasteiger partial charge in [-0.1, -0.05) is 29.8 Å². The first-order chi connectivity index (χ1) is 11.6. The third-order valence-electron chi connectivity index (χ3n) is 3.34. The normalized spacial score (nSPS) is 11.9. The van der Waals surface area contributed by atoms with E-state index in [1.54, 1.807) is 14.2 Å². The Labute approximate surface area is 158 Å². The van der Waals surface area contributed by atoms with E-state index in [-0.39, 0.29) is 0 Å². The van der Waals surface area contributed by atoms with E-state index in [0.717, 1.165) is 11.1 Å². The fourth-order valence-electron chi connectivity index (χ4n) is 2.09. The molecule has 0 spiro atoms. The zero-order chi connectivity index (χ0) is 17.5. The first kappa shape index (κ1) is 19.1. The van der Waals surface area contributed by atoms with Crippen LogP contribution in [-0.4, -0.2) is 27.4 Å². The molecular weight excluding hydrogens is 364 g/mol. The largest absolute Gasteiger partial charge is 0.493 e. The van der Waals surface area contributed by atoms with Crippen LogP contribution in [0.25, 0.3) is 9.81 Å². The predicted molar refractivity (Wildman–Crippen MR) is 107 cm³/mol. The summed E-state index contributed by atoms with van der Waals surface area (Å²) in [4.78, 5) is 1.40. The number of thiol groups is 2. The predicted octanol–water partition coefficient (Wildman–Crippen LogP) is 5.06. The molecular formula is C18H19ClO3S2. The third kappa shape index (κ3) is 4.63. The van der Waals surface area contributed by atoms with Crippen molar-refractivity contribution in [2.75, 3.05) is 27.4 Å². The summed E-state index contributed by atoms with van der Waals surface area (Å²) in [5, 5.41) is 0.625. The van der Waals surface area contributed by atoms with E-state index in [9.17, 15) is 0 Å². The van der Waals surface area contributed by atoms with E-state index >= 15 is 0 Å². The molecule has 0 N–H and O–H groups in total. The molecule has 0 saturated carbocycles. The van der Waals surface area contributed by atoms with E-state index in [4.69, 9.17) is 25.8 Å². The number of benzene rings is 2. The van der Waals surface area contributed by atoms with Crippen LogP contribution in [-0.2, 0) is 4.74 Å². The molecule has 24 heavy (non-hydrogen) atoms. The maximum atomic E-state index is 6.23. The third-order valence-corrected chi connectivity index (χ3v) is 4.79. The number of ether oxygens (including phenoxy) is 3. The topological polar surface area (TPSA) is 27.7 Å². The highest BCUT2D eigenvalue weighted by molar-refractivity contribution is 7.96. The molecule has 128 valence electrons. The second kappa shape index (κ2) is 9.28. The Bertz CT molecular complexity index is 732.